The summed E-state index contributed by atoms with van der Waals surface area (Å²) >= 11 is 0.943. The van der Waals surface area contributed by atoms with Crippen LogP contribution >= 0.6 is 23.5 Å². The molecule has 7 heteroatoms. The van der Waals surface area contributed by atoms with Crippen molar-refractivity contribution >= 4 is 29.5 Å². The third-order valence-corrected chi connectivity index (χ3v) is 4.03. The van der Waals surface area contributed by atoms with Gasteiger partial charge in [0.2, 0.25) is 0 Å². The maximum atomic E-state index is 11.7. The minimum Gasteiger partial charge on any atom is -0.480 e. The highest BCUT2D eigenvalue weighted by Crippen LogP contribution is 2.31. The number of alkyl halides is 3. The van der Waals surface area contributed by atoms with Crippen LogP contribution < -0.4 is 0 Å². The maximum absolute atomic E-state index is 11.7. The summed E-state index contributed by atoms with van der Waals surface area (Å²) in [5.74, 6) is -0.959. The normalized spacial score (nSPS) is 14.3. The lowest BCUT2D eigenvalue weighted by Gasteiger charge is -2.15. The molecule has 1 N–H and O–H groups in total. The van der Waals surface area contributed by atoms with Crippen LogP contribution in [0.1, 0.15) is 13.8 Å². The van der Waals surface area contributed by atoms with Crippen LogP contribution in [0.5, 0.6) is 0 Å². The van der Waals surface area contributed by atoms with E-state index in [1.807, 2.05) is 0 Å². The average Bonchev–Trinajstić information content (AvgIpc) is 2.00. The number of thioether (sulfide) groups is 2. The number of halogens is 3. The number of hydrogen-bond acceptors (Lipinski definition) is 3. The van der Waals surface area contributed by atoms with Gasteiger partial charge in [0, 0.05) is 11.5 Å². The average molecular weight is 262 g/mol. The molecular weight excluding hydrogens is 249 g/mol. The molecule has 90 valence electrons. The van der Waals surface area contributed by atoms with E-state index in [-0.39, 0.29) is 29.2 Å². The van der Waals surface area contributed by atoms with Crippen molar-refractivity contribution in [1.82, 2.24) is 0 Å². The molecule has 0 fully saturated rings. The molecule has 0 aromatic heterocycles. The van der Waals surface area contributed by atoms with Gasteiger partial charge in [-0.25, -0.2) is 0 Å². The fraction of sp³-hybridized carbons (Fsp3) is 0.875. The van der Waals surface area contributed by atoms with E-state index in [1.165, 1.54) is 0 Å². The number of carboxylic acids is 1. The quantitative estimate of drug-likeness (QED) is 0.746. The zero-order chi connectivity index (χ0) is 12.1. The zero-order valence-electron chi connectivity index (χ0n) is 8.37. The minimum absolute atomic E-state index is 0.0802. The van der Waals surface area contributed by atoms with Crippen LogP contribution in [0.4, 0.5) is 13.2 Å². The smallest absolute Gasteiger partial charge is 0.441 e. The van der Waals surface area contributed by atoms with Gasteiger partial charge in [-0.2, -0.15) is 13.2 Å². The number of hydrogen-bond donors (Lipinski definition) is 1. The second kappa shape index (κ2) is 6.52. The number of aliphatic carboxylic acids is 1. The predicted octanol–water partition coefficient (Wildman–Crippen LogP) is 3.08. The van der Waals surface area contributed by atoms with E-state index in [4.69, 9.17) is 5.11 Å². The van der Waals surface area contributed by atoms with Crippen molar-refractivity contribution in [3.8, 4) is 0 Å². The number of rotatable bonds is 6. The highest BCUT2D eigenvalue weighted by Gasteiger charge is 2.28. The largest absolute Gasteiger partial charge is 0.480 e. The molecular formula is C8H13F3O2S2. The lowest BCUT2D eigenvalue weighted by molar-refractivity contribution is -0.137. The first kappa shape index (κ1) is 15.0. The third-order valence-electron chi connectivity index (χ3n) is 1.50. The van der Waals surface area contributed by atoms with Crippen LogP contribution in [0.3, 0.4) is 0 Å². The van der Waals surface area contributed by atoms with Gasteiger partial charge in [0.15, 0.2) is 0 Å². The molecule has 0 saturated carbocycles. The first-order valence-corrected chi connectivity index (χ1v) is 6.32. The van der Waals surface area contributed by atoms with Crippen molar-refractivity contribution in [2.24, 2.45) is 5.92 Å². The predicted molar refractivity (Wildman–Crippen MR) is 57.2 cm³/mol. The molecule has 0 bridgehead atoms. The van der Waals surface area contributed by atoms with E-state index in [0.717, 1.165) is 11.8 Å². The van der Waals surface area contributed by atoms with Gasteiger partial charge in [-0.3, -0.25) is 4.79 Å². The second-order valence-corrected chi connectivity index (χ2v) is 5.58. The molecule has 15 heavy (non-hydrogen) atoms. The van der Waals surface area contributed by atoms with Gasteiger partial charge in [-0.15, -0.1) is 11.8 Å². The summed E-state index contributed by atoms with van der Waals surface area (Å²) in [5, 5.41) is 8.13. The lowest BCUT2D eigenvalue weighted by Crippen LogP contribution is -2.23. The van der Waals surface area contributed by atoms with E-state index < -0.39 is 16.7 Å². The van der Waals surface area contributed by atoms with E-state index in [1.54, 1.807) is 13.8 Å². The Morgan fingerprint density at radius 1 is 1.33 bits per heavy atom. The van der Waals surface area contributed by atoms with Crippen molar-refractivity contribution in [3.05, 3.63) is 0 Å². The molecule has 0 rings (SSSR count). The Labute approximate surface area is 95.0 Å². The summed E-state index contributed by atoms with van der Waals surface area (Å²) < 4.78 is 35.2. The molecule has 0 aliphatic rings. The molecule has 0 aromatic carbocycles. The maximum Gasteiger partial charge on any atom is 0.441 e. The molecule has 0 aliphatic heterocycles. The SMILES string of the molecule is CC(C)C(SCCSC(F)(F)F)C(=O)O. The first-order chi connectivity index (χ1) is 6.74. The van der Waals surface area contributed by atoms with Crippen LogP contribution in [0.15, 0.2) is 0 Å². The minimum atomic E-state index is -4.23. The van der Waals surface area contributed by atoms with Gasteiger partial charge >= 0.3 is 11.5 Å². The summed E-state index contributed by atoms with van der Waals surface area (Å²) in [6.07, 6.45) is 0. The van der Waals surface area contributed by atoms with Crippen LogP contribution in [-0.4, -0.2) is 33.3 Å². The van der Waals surface area contributed by atoms with E-state index >= 15 is 0 Å². The molecule has 0 amide bonds. The summed E-state index contributed by atoms with van der Waals surface area (Å²) in [7, 11) is 0. The van der Waals surface area contributed by atoms with Crippen molar-refractivity contribution in [1.29, 1.82) is 0 Å². The summed E-state index contributed by atoms with van der Waals surface area (Å²) in [4.78, 5) is 10.7. The fourth-order valence-electron chi connectivity index (χ4n) is 0.881. The Morgan fingerprint density at radius 2 is 1.87 bits per heavy atom. The zero-order valence-corrected chi connectivity index (χ0v) is 10.0. The van der Waals surface area contributed by atoms with Gasteiger partial charge in [-0.1, -0.05) is 25.6 Å². The molecule has 0 saturated heterocycles. The van der Waals surface area contributed by atoms with E-state index in [9.17, 15) is 18.0 Å². The number of carbonyl (C=O) groups is 1. The van der Waals surface area contributed by atoms with E-state index in [0.29, 0.717) is 0 Å². The summed E-state index contributed by atoms with van der Waals surface area (Å²) in [5.41, 5.74) is -4.23. The highest BCUT2D eigenvalue weighted by molar-refractivity contribution is 8.04. The molecule has 2 nitrogen and oxygen atoms in total. The number of carboxylic acid groups (broad SMARTS) is 1. The van der Waals surface area contributed by atoms with Gasteiger partial charge in [0.25, 0.3) is 0 Å². The molecule has 0 aromatic rings. The monoisotopic (exact) mass is 262 g/mol. The molecule has 0 radical (unpaired) electrons. The molecule has 0 spiro atoms. The first-order valence-electron chi connectivity index (χ1n) is 4.29. The molecule has 1 unspecified atom stereocenters. The molecule has 1 atom stereocenters. The summed E-state index contributed by atoms with van der Waals surface area (Å²) in [6, 6.07) is 0. The standard InChI is InChI=1S/C8H13F3O2S2/c1-5(2)6(7(12)13)14-3-4-15-8(9,10)11/h5-6H,3-4H2,1-2H3,(H,12,13). The van der Waals surface area contributed by atoms with Crippen LogP contribution in [0.25, 0.3) is 0 Å². The van der Waals surface area contributed by atoms with Crippen LogP contribution in [0, 0.1) is 5.92 Å². The van der Waals surface area contributed by atoms with Gasteiger partial charge < -0.3 is 5.11 Å². The van der Waals surface area contributed by atoms with Crippen molar-refractivity contribution < 1.29 is 23.1 Å². The fourth-order valence-corrected chi connectivity index (χ4v) is 2.61. The molecule has 0 aliphatic carbocycles. The Hall–Kier alpha value is -0.0400. The van der Waals surface area contributed by atoms with Crippen molar-refractivity contribution in [3.63, 3.8) is 0 Å². The summed E-state index contributed by atoms with van der Waals surface area (Å²) in [6.45, 7) is 3.48. The van der Waals surface area contributed by atoms with Crippen LogP contribution in [0.2, 0.25) is 0 Å². The Kier molecular flexibility index (Phi) is 6.51. The topological polar surface area (TPSA) is 37.3 Å². The third kappa shape index (κ3) is 7.84. The van der Waals surface area contributed by atoms with Crippen LogP contribution in [-0.2, 0) is 4.79 Å². The lowest BCUT2D eigenvalue weighted by atomic mass is 10.1. The molecule has 0 heterocycles. The Morgan fingerprint density at radius 3 is 2.20 bits per heavy atom. The highest BCUT2D eigenvalue weighted by atomic mass is 32.2. The second-order valence-electron chi connectivity index (χ2n) is 3.17. The van der Waals surface area contributed by atoms with Gasteiger partial charge in [-0.05, 0) is 5.92 Å². The van der Waals surface area contributed by atoms with E-state index in [2.05, 4.69) is 0 Å². The Balaban J connectivity index is 3.78. The van der Waals surface area contributed by atoms with Crippen molar-refractivity contribution in [2.45, 2.75) is 24.6 Å². The Bertz CT molecular complexity index is 207. The van der Waals surface area contributed by atoms with Crippen molar-refractivity contribution in [2.75, 3.05) is 11.5 Å². The van der Waals surface area contributed by atoms with Gasteiger partial charge in [0.05, 0.1) is 0 Å². The van der Waals surface area contributed by atoms with Gasteiger partial charge in [0.1, 0.15) is 5.25 Å².